The molecule has 0 saturated heterocycles. The molecular formula is C17H23N3O. The molecule has 0 spiro atoms. The molecule has 1 amide bonds. The van der Waals surface area contributed by atoms with Crippen LogP contribution in [0, 0.1) is 12.8 Å². The molecule has 0 aliphatic heterocycles. The molecule has 1 fully saturated rings. The zero-order chi connectivity index (χ0) is 14.8. The van der Waals surface area contributed by atoms with Crippen LogP contribution < -0.4 is 5.32 Å². The van der Waals surface area contributed by atoms with Crippen molar-refractivity contribution in [1.82, 2.24) is 14.7 Å². The highest BCUT2D eigenvalue weighted by Gasteiger charge is 2.22. The van der Waals surface area contributed by atoms with Gasteiger partial charge in [-0.1, -0.05) is 18.9 Å². The van der Waals surface area contributed by atoms with E-state index < -0.39 is 0 Å². The number of carbonyl (C=O) groups is 1. The SMILES string of the molecule is Cc1cccn2cc(CC(=O)N[C@@H](C)C3CCCC3)nc12. The van der Waals surface area contributed by atoms with Gasteiger partial charge in [-0.15, -0.1) is 0 Å². The van der Waals surface area contributed by atoms with E-state index in [9.17, 15) is 4.79 Å². The first-order chi connectivity index (χ1) is 10.1. The smallest absolute Gasteiger partial charge is 0.226 e. The van der Waals surface area contributed by atoms with Crippen LogP contribution in [0.25, 0.3) is 5.65 Å². The number of fused-ring (bicyclic) bond motifs is 1. The molecule has 2 heterocycles. The second kappa shape index (κ2) is 5.88. The van der Waals surface area contributed by atoms with Crippen LogP contribution in [0.5, 0.6) is 0 Å². The second-order valence-electron chi connectivity index (χ2n) is 6.23. The van der Waals surface area contributed by atoms with E-state index in [0.717, 1.165) is 16.9 Å². The van der Waals surface area contributed by atoms with Gasteiger partial charge in [-0.2, -0.15) is 0 Å². The Labute approximate surface area is 125 Å². The Morgan fingerprint density at radius 1 is 1.48 bits per heavy atom. The summed E-state index contributed by atoms with van der Waals surface area (Å²) in [6.07, 6.45) is 9.37. The first-order valence-electron chi connectivity index (χ1n) is 7.86. The number of pyridine rings is 1. The molecular weight excluding hydrogens is 262 g/mol. The second-order valence-corrected chi connectivity index (χ2v) is 6.23. The minimum absolute atomic E-state index is 0.0791. The number of amides is 1. The van der Waals surface area contributed by atoms with Crippen LogP contribution in [0.2, 0.25) is 0 Å². The molecule has 0 bridgehead atoms. The number of hydrogen-bond donors (Lipinski definition) is 1. The lowest BCUT2D eigenvalue weighted by Gasteiger charge is -2.20. The van der Waals surface area contributed by atoms with Gasteiger partial charge in [-0.3, -0.25) is 4.79 Å². The van der Waals surface area contributed by atoms with Crippen LogP contribution in [-0.2, 0) is 11.2 Å². The fourth-order valence-electron chi connectivity index (χ4n) is 3.33. The van der Waals surface area contributed by atoms with E-state index in [2.05, 4.69) is 17.2 Å². The lowest BCUT2D eigenvalue weighted by molar-refractivity contribution is -0.121. The number of rotatable bonds is 4. The molecule has 2 aromatic heterocycles. The van der Waals surface area contributed by atoms with E-state index in [1.165, 1.54) is 25.7 Å². The van der Waals surface area contributed by atoms with Crippen molar-refractivity contribution in [3.8, 4) is 0 Å². The third-order valence-corrected chi connectivity index (χ3v) is 4.57. The molecule has 1 N–H and O–H groups in total. The zero-order valence-corrected chi connectivity index (χ0v) is 12.8. The molecule has 2 aromatic rings. The van der Waals surface area contributed by atoms with Crippen molar-refractivity contribution in [3.63, 3.8) is 0 Å². The fraction of sp³-hybridized carbons (Fsp3) is 0.529. The molecule has 0 unspecified atom stereocenters. The molecule has 1 aliphatic rings. The highest BCUT2D eigenvalue weighted by molar-refractivity contribution is 5.78. The first kappa shape index (κ1) is 14.1. The fourth-order valence-corrected chi connectivity index (χ4v) is 3.33. The Balaban J connectivity index is 1.64. The summed E-state index contributed by atoms with van der Waals surface area (Å²) < 4.78 is 1.98. The third kappa shape index (κ3) is 3.09. The summed E-state index contributed by atoms with van der Waals surface area (Å²) >= 11 is 0. The molecule has 0 aromatic carbocycles. The normalized spacial score (nSPS) is 17.2. The molecule has 21 heavy (non-hydrogen) atoms. The summed E-state index contributed by atoms with van der Waals surface area (Å²) in [5.41, 5.74) is 2.90. The van der Waals surface area contributed by atoms with Gasteiger partial charge in [-0.05, 0) is 44.2 Å². The Bertz CT molecular complexity index is 641. The van der Waals surface area contributed by atoms with Crippen LogP contribution in [0.15, 0.2) is 24.5 Å². The molecule has 4 heteroatoms. The Hall–Kier alpha value is -1.84. The van der Waals surface area contributed by atoms with Crippen LogP contribution in [-0.4, -0.2) is 21.3 Å². The third-order valence-electron chi connectivity index (χ3n) is 4.57. The molecule has 4 nitrogen and oxygen atoms in total. The van der Waals surface area contributed by atoms with E-state index in [4.69, 9.17) is 0 Å². The van der Waals surface area contributed by atoms with Crippen molar-refractivity contribution in [2.45, 2.75) is 52.0 Å². The van der Waals surface area contributed by atoms with E-state index >= 15 is 0 Å². The molecule has 1 saturated carbocycles. The predicted molar refractivity (Wildman–Crippen MR) is 83.2 cm³/mol. The number of aryl methyl sites for hydroxylation is 1. The van der Waals surface area contributed by atoms with Gasteiger partial charge < -0.3 is 9.72 Å². The van der Waals surface area contributed by atoms with E-state index in [1.54, 1.807) is 0 Å². The van der Waals surface area contributed by atoms with Crippen molar-refractivity contribution >= 4 is 11.6 Å². The highest BCUT2D eigenvalue weighted by atomic mass is 16.1. The van der Waals surface area contributed by atoms with E-state index in [0.29, 0.717) is 12.3 Å². The lowest BCUT2D eigenvalue weighted by atomic mass is 10.00. The summed E-state index contributed by atoms with van der Waals surface area (Å²) in [6.45, 7) is 4.16. The average molecular weight is 285 g/mol. The molecule has 0 radical (unpaired) electrons. The van der Waals surface area contributed by atoms with Crippen LogP contribution >= 0.6 is 0 Å². The minimum atomic E-state index is 0.0791. The maximum Gasteiger partial charge on any atom is 0.226 e. The topological polar surface area (TPSA) is 46.4 Å². The predicted octanol–water partition coefficient (Wildman–Crippen LogP) is 2.88. The van der Waals surface area contributed by atoms with Gasteiger partial charge in [0.25, 0.3) is 0 Å². The number of hydrogen-bond acceptors (Lipinski definition) is 2. The van der Waals surface area contributed by atoms with Crippen LogP contribution in [0.1, 0.15) is 43.9 Å². The van der Waals surface area contributed by atoms with E-state index in [-0.39, 0.29) is 11.9 Å². The summed E-state index contributed by atoms with van der Waals surface area (Å²) in [5, 5.41) is 3.14. The van der Waals surface area contributed by atoms with Crippen molar-refractivity contribution in [1.29, 1.82) is 0 Å². The maximum atomic E-state index is 12.2. The number of nitrogens with zero attached hydrogens (tertiary/aromatic N) is 2. The minimum Gasteiger partial charge on any atom is -0.353 e. The molecule has 3 rings (SSSR count). The van der Waals surface area contributed by atoms with Crippen LogP contribution in [0.3, 0.4) is 0 Å². The summed E-state index contributed by atoms with van der Waals surface area (Å²) in [4.78, 5) is 16.7. The van der Waals surface area contributed by atoms with Gasteiger partial charge in [0, 0.05) is 18.4 Å². The molecule has 1 aliphatic carbocycles. The van der Waals surface area contributed by atoms with Gasteiger partial charge in [0.2, 0.25) is 5.91 Å². The quantitative estimate of drug-likeness (QED) is 0.939. The summed E-state index contributed by atoms with van der Waals surface area (Å²) in [5.74, 6) is 0.729. The van der Waals surface area contributed by atoms with Gasteiger partial charge in [0.1, 0.15) is 5.65 Å². The standard InChI is InChI=1S/C17H23N3O/c1-12-6-5-9-20-11-15(19-17(12)20)10-16(21)18-13(2)14-7-3-4-8-14/h5-6,9,11,13-14H,3-4,7-8,10H2,1-2H3,(H,18,21)/t13-/m0/s1. The number of carbonyl (C=O) groups excluding carboxylic acids is 1. The van der Waals surface area contributed by atoms with Crippen molar-refractivity contribution < 1.29 is 4.79 Å². The summed E-state index contributed by atoms with van der Waals surface area (Å²) in [6, 6.07) is 4.31. The Morgan fingerprint density at radius 2 is 2.24 bits per heavy atom. The number of nitrogens with one attached hydrogen (secondary N) is 1. The monoisotopic (exact) mass is 285 g/mol. The number of imidazole rings is 1. The van der Waals surface area contributed by atoms with Crippen molar-refractivity contribution in [2.75, 3.05) is 0 Å². The molecule has 1 atom stereocenters. The summed E-state index contributed by atoms with van der Waals surface area (Å²) in [7, 11) is 0. The van der Waals surface area contributed by atoms with Crippen LogP contribution in [0.4, 0.5) is 0 Å². The van der Waals surface area contributed by atoms with Gasteiger partial charge in [-0.25, -0.2) is 4.98 Å². The molecule has 112 valence electrons. The van der Waals surface area contributed by atoms with Gasteiger partial charge in [0.05, 0.1) is 12.1 Å². The highest BCUT2D eigenvalue weighted by Crippen LogP contribution is 2.27. The Morgan fingerprint density at radius 3 is 2.95 bits per heavy atom. The van der Waals surface area contributed by atoms with E-state index in [1.807, 2.05) is 35.9 Å². The number of aromatic nitrogens is 2. The average Bonchev–Trinajstić information content (AvgIpc) is 3.07. The zero-order valence-electron chi connectivity index (χ0n) is 12.8. The first-order valence-corrected chi connectivity index (χ1v) is 7.86. The maximum absolute atomic E-state index is 12.2. The van der Waals surface area contributed by atoms with Crippen molar-refractivity contribution in [3.05, 3.63) is 35.8 Å². The van der Waals surface area contributed by atoms with Gasteiger partial charge >= 0.3 is 0 Å². The Kier molecular flexibility index (Phi) is 3.95. The van der Waals surface area contributed by atoms with Gasteiger partial charge in [0.15, 0.2) is 0 Å². The van der Waals surface area contributed by atoms with Crippen molar-refractivity contribution in [2.24, 2.45) is 5.92 Å². The largest absolute Gasteiger partial charge is 0.353 e. The lowest BCUT2D eigenvalue weighted by Crippen LogP contribution is -2.38.